The predicted molar refractivity (Wildman–Crippen MR) is 246 cm³/mol. The molecule has 1 saturated heterocycles. The zero-order valence-corrected chi connectivity index (χ0v) is 40.1. The summed E-state index contributed by atoms with van der Waals surface area (Å²) < 4.78 is 123. The summed E-state index contributed by atoms with van der Waals surface area (Å²) in [6.07, 6.45) is -4.69. The molecule has 0 N–H and O–H groups in total. The highest BCUT2D eigenvalue weighted by molar-refractivity contribution is 7.85. The average molecular weight is 1010 g/mol. The van der Waals surface area contributed by atoms with E-state index >= 15 is 0 Å². The topological polar surface area (TPSA) is 177 Å². The van der Waals surface area contributed by atoms with Crippen LogP contribution in [-0.4, -0.2) is 112 Å². The summed E-state index contributed by atoms with van der Waals surface area (Å²) in [6.45, 7) is 7.75. The highest BCUT2D eigenvalue weighted by Gasteiger charge is 2.36. The van der Waals surface area contributed by atoms with Gasteiger partial charge in [0, 0.05) is 63.4 Å². The van der Waals surface area contributed by atoms with Gasteiger partial charge in [-0.15, -0.1) is 24.8 Å². The van der Waals surface area contributed by atoms with Crippen LogP contribution in [0.1, 0.15) is 49.2 Å². The van der Waals surface area contributed by atoms with Crippen LogP contribution in [-0.2, 0) is 40.7 Å². The maximum Gasteiger partial charge on any atom is 0.419 e. The lowest BCUT2D eigenvalue weighted by Crippen LogP contribution is -2.57. The number of likely N-dealkylation sites (N-methyl/N-ethyl adjacent to an activating group) is 1. The number of hydrogen-bond donors (Lipinski definition) is 0. The lowest BCUT2D eigenvalue weighted by Gasteiger charge is -2.45. The minimum absolute atomic E-state index is 0. The van der Waals surface area contributed by atoms with Crippen LogP contribution >= 0.6 is 24.8 Å². The molecule has 0 spiro atoms. The average Bonchev–Trinajstić information content (AvgIpc) is 3.83. The van der Waals surface area contributed by atoms with Crippen LogP contribution in [0.3, 0.4) is 0 Å². The maximum absolute atomic E-state index is 13.9. The summed E-state index contributed by atoms with van der Waals surface area (Å²) in [7, 11) is 1.93. The van der Waals surface area contributed by atoms with Gasteiger partial charge in [-0.25, -0.2) is 19.9 Å². The number of piperazine rings is 1. The van der Waals surface area contributed by atoms with E-state index in [9.17, 15) is 45.3 Å². The molecule has 7 rings (SSSR count). The third-order valence-electron chi connectivity index (χ3n) is 10.9. The lowest BCUT2D eigenvalue weighted by molar-refractivity contribution is -0.139. The first-order valence-electron chi connectivity index (χ1n) is 20.4. The fourth-order valence-corrected chi connectivity index (χ4v) is 7.65. The number of imidazole rings is 2. The number of nitriles is 2. The van der Waals surface area contributed by atoms with Gasteiger partial charge < -0.3 is 23.5 Å². The molecule has 1 aliphatic rings. The Morgan fingerprint density at radius 3 is 1.57 bits per heavy atom. The molecular formula is C44H48Cl2F6N10O5S. The number of halogens is 8. The molecule has 24 heteroatoms. The van der Waals surface area contributed by atoms with Crippen LogP contribution < -0.4 is 9.47 Å². The Hall–Kier alpha value is -5.75. The summed E-state index contributed by atoms with van der Waals surface area (Å²) in [5.74, 6) is -0.611. The Morgan fingerprint density at radius 2 is 1.16 bits per heavy atom. The van der Waals surface area contributed by atoms with Gasteiger partial charge in [0.25, 0.3) is 10.1 Å². The first-order valence-corrected chi connectivity index (χ1v) is 22.2. The largest absolute Gasteiger partial charge is 0.493 e. The minimum Gasteiger partial charge on any atom is -0.493 e. The number of hydrogen-bond acceptors (Lipinski definition) is 13. The molecule has 1 fully saturated rings. The molecule has 1 aliphatic heterocycles. The van der Waals surface area contributed by atoms with Crippen molar-refractivity contribution in [1.82, 2.24) is 38.9 Å². The van der Waals surface area contributed by atoms with Crippen molar-refractivity contribution in [3.8, 4) is 46.2 Å². The molecule has 4 aromatic heterocycles. The molecule has 0 aliphatic carbocycles. The normalized spacial score (nSPS) is 14.3. The van der Waals surface area contributed by atoms with Crippen molar-refractivity contribution in [2.45, 2.75) is 44.6 Å². The highest BCUT2D eigenvalue weighted by atomic mass is 35.5. The fourth-order valence-electron chi connectivity index (χ4n) is 7.23. The molecule has 5 heterocycles. The van der Waals surface area contributed by atoms with Gasteiger partial charge in [-0.3, -0.25) is 9.08 Å². The Bertz CT molecular complexity index is 2930. The van der Waals surface area contributed by atoms with Gasteiger partial charge in [-0.05, 0) is 75.8 Å². The van der Waals surface area contributed by atoms with Gasteiger partial charge in [0.1, 0.15) is 34.7 Å². The maximum atomic E-state index is 13.9. The van der Waals surface area contributed by atoms with E-state index in [-0.39, 0.29) is 96.2 Å². The zero-order valence-electron chi connectivity index (χ0n) is 37.6. The van der Waals surface area contributed by atoms with E-state index in [2.05, 4.69) is 54.8 Å². The summed E-state index contributed by atoms with van der Waals surface area (Å²) in [4.78, 5) is 21.3. The smallest absolute Gasteiger partial charge is 0.419 e. The Balaban J connectivity index is 0.000000290. The molecule has 0 unspecified atom stereocenters. The van der Waals surface area contributed by atoms with E-state index in [4.69, 9.17) is 9.47 Å². The third kappa shape index (κ3) is 13.3. The summed E-state index contributed by atoms with van der Waals surface area (Å²) >= 11 is 0. The Labute approximate surface area is 401 Å². The van der Waals surface area contributed by atoms with Crippen LogP contribution in [0.5, 0.6) is 11.5 Å². The molecule has 15 nitrogen and oxygen atoms in total. The van der Waals surface area contributed by atoms with E-state index < -0.39 is 39.3 Å². The quantitative estimate of drug-likeness (QED) is 0.0613. The van der Waals surface area contributed by atoms with Gasteiger partial charge in [-0.1, -0.05) is 0 Å². The Kier molecular flexibility index (Phi) is 17.8. The number of aromatic nitrogens is 6. The number of rotatable bonds is 13. The van der Waals surface area contributed by atoms with Crippen LogP contribution in [0.2, 0.25) is 0 Å². The number of benzene rings is 2. The van der Waals surface area contributed by atoms with Crippen molar-refractivity contribution in [2.24, 2.45) is 14.1 Å². The molecular weight excluding hydrogens is 966 g/mol. The molecule has 2 aromatic carbocycles. The second-order valence-corrected chi connectivity index (χ2v) is 17.9. The van der Waals surface area contributed by atoms with Crippen molar-refractivity contribution >= 4 is 57.0 Å². The number of nitrogens with zero attached hydrogens (tertiary/aromatic N) is 10. The van der Waals surface area contributed by atoms with Gasteiger partial charge in [0.2, 0.25) is 0 Å². The number of alkyl halides is 6. The van der Waals surface area contributed by atoms with E-state index in [0.29, 0.717) is 28.5 Å². The molecule has 0 bridgehead atoms. The van der Waals surface area contributed by atoms with E-state index in [0.717, 1.165) is 50.6 Å². The van der Waals surface area contributed by atoms with Crippen LogP contribution in [0.4, 0.5) is 26.3 Å². The third-order valence-corrected chi connectivity index (χ3v) is 11.5. The van der Waals surface area contributed by atoms with Crippen molar-refractivity contribution in [1.29, 1.82) is 10.5 Å². The predicted octanol–water partition coefficient (Wildman–Crippen LogP) is 8.44. The van der Waals surface area contributed by atoms with Gasteiger partial charge in [-0.2, -0.15) is 45.3 Å². The molecule has 366 valence electrons. The van der Waals surface area contributed by atoms with Crippen molar-refractivity contribution < 1.29 is 48.4 Å². The van der Waals surface area contributed by atoms with Gasteiger partial charge >= 0.3 is 12.4 Å². The molecule has 0 atom stereocenters. The zero-order chi connectivity index (χ0) is 48.2. The standard InChI is InChI=1S/C25H29F3N6O.C19H17F3N4O4S.2ClH/c1-24(2)15-34(10-9-33(24)4)8-5-11-35-22-7-6-17(12-18(22)25(26,27)28)19-13-21-23(20(14-29)31-19)30-16-32(21)3;1-26-11-24-18-15(10-23)25-14(9-16(18)26)12-4-5-17(13(8-12)19(20,21)22)29-6-3-7-30-31(2,27)28;;/h6-7,12-13,16H,5,8-11,15H2,1-4H3;4-5,8-9,11H,3,6-7H2,1-2H3;2*1H. The van der Waals surface area contributed by atoms with Crippen LogP contribution in [0, 0.1) is 22.7 Å². The highest BCUT2D eigenvalue weighted by Crippen LogP contribution is 2.41. The number of fused-ring (bicyclic) bond motifs is 2. The van der Waals surface area contributed by atoms with Crippen LogP contribution in [0.25, 0.3) is 44.6 Å². The van der Waals surface area contributed by atoms with Crippen molar-refractivity contribution in [3.63, 3.8) is 0 Å². The number of aryl methyl sites for hydroxylation is 2. The molecule has 0 radical (unpaired) electrons. The first kappa shape index (κ1) is 54.9. The molecule has 68 heavy (non-hydrogen) atoms. The van der Waals surface area contributed by atoms with Crippen molar-refractivity contribution in [2.75, 3.05) is 59.3 Å². The summed E-state index contributed by atoms with van der Waals surface area (Å²) in [6, 6.07) is 14.5. The molecule has 6 aromatic rings. The fraction of sp³-hybridized carbons (Fsp3) is 0.409. The Morgan fingerprint density at radius 1 is 0.706 bits per heavy atom. The SMILES string of the molecule is CN1CCN(CCCOc2ccc(-c3cc4c(ncn4C)c(C#N)n3)cc2C(F)(F)F)CC1(C)C.Cl.Cl.Cn1cnc2c(C#N)nc(-c3ccc(OCCCOS(C)(=O)=O)c(C(F)(F)F)c3)cc21. The number of ether oxygens (including phenoxy) is 2. The molecule has 0 saturated carbocycles. The first-order chi connectivity index (χ1) is 31.0. The minimum atomic E-state index is -4.71. The monoisotopic (exact) mass is 1010 g/mol. The van der Waals surface area contributed by atoms with Crippen LogP contribution in [0.15, 0.2) is 61.2 Å². The second kappa shape index (κ2) is 22.1. The van der Waals surface area contributed by atoms with E-state index in [1.54, 1.807) is 41.4 Å². The summed E-state index contributed by atoms with van der Waals surface area (Å²) in [5, 5.41) is 18.8. The lowest BCUT2D eigenvalue weighted by atomic mass is 10.00. The second-order valence-electron chi connectivity index (χ2n) is 16.2. The van der Waals surface area contributed by atoms with Gasteiger partial charge in [0.05, 0.1) is 72.3 Å². The molecule has 0 amide bonds. The van der Waals surface area contributed by atoms with E-state index in [1.165, 1.54) is 24.8 Å². The van der Waals surface area contributed by atoms with E-state index in [1.807, 2.05) is 12.1 Å². The number of pyridine rings is 2. The van der Waals surface area contributed by atoms with Crippen molar-refractivity contribution in [3.05, 3.63) is 83.7 Å². The summed E-state index contributed by atoms with van der Waals surface area (Å²) in [5.41, 5.74) is 1.08. The van der Waals surface area contributed by atoms with Gasteiger partial charge in [0.15, 0.2) is 11.4 Å².